The molecule has 2 rings (SSSR count). The quantitative estimate of drug-likeness (QED) is 0.827. The average Bonchev–Trinajstić information content (AvgIpc) is 2.35. The van der Waals surface area contributed by atoms with Crippen molar-refractivity contribution in [3.8, 4) is 6.07 Å². The summed E-state index contributed by atoms with van der Waals surface area (Å²) >= 11 is 4.20. The minimum absolute atomic E-state index is 0.0400. The van der Waals surface area contributed by atoms with Crippen molar-refractivity contribution in [3.63, 3.8) is 0 Å². The number of nitrogens with two attached hydrogens (primary N) is 1. The number of benzene rings is 2. The number of halogens is 3. The first-order chi connectivity index (χ1) is 9.01. The summed E-state index contributed by atoms with van der Waals surface area (Å²) in [5.41, 5.74) is 5.86. The maximum Gasteiger partial charge on any atom is 0.142 e. The van der Waals surface area contributed by atoms with Crippen LogP contribution < -0.4 is 5.73 Å². The van der Waals surface area contributed by atoms with Crippen LogP contribution in [-0.2, 0) is 0 Å². The fourth-order valence-corrected chi connectivity index (χ4v) is 2.89. The zero-order chi connectivity index (χ0) is 14.0. The normalized spacial score (nSPS) is 10.2. The first kappa shape index (κ1) is 13.8. The highest BCUT2D eigenvalue weighted by molar-refractivity contribution is 9.10. The number of rotatable bonds is 2. The Morgan fingerprint density at radius 3 is 2.32 bits per heavy atom. The van der Waals surface area contributed by atoms with Gasteiger partial charge in [0, 0.05) is 15.1 Å². The standard InChI is InChI=1S/C13H7BrF2N2S/c14-9-3-7(6-17)1-2-12(9)19-13-10(15)4-8(18)5-11(13)16/h1-5H,18H2. The summed E-state index contributed by atoms with van der Waals surface area (Å²) in [5.74, 6) is -1.42. The lowest BCUT2D eigenvalue weighted by Gasteiger charge is -2.07. The second-order valence-electron chi connectivity index (χ2n) is 3.67. The second-order valence-corrected chi connectivity index (χ2v) is 5.58. The highest BCUT2D eigenvalue weighted by Gasteiger charge is 2.13. The maximum atomic E-state index is 13.7. The van der Waals surface area contributed by atoms with Gasteiger partial charge < -0.3 is 5.73 Å². The predicted octanol–water partition coefficient (Wildman–Crippen LogP) is 4.33. The molecule has 2 aromatic carbocycles. The minimum atomic E-state index is -0.709. The number of nitrogen functional groups attached to an aromatic ring is 1. The molecule has 19 heavy (non-hydrogen) atoms. The number of hydrogen-bond donors (Lipinski definition) is 1. The van der Waals surface area contributed by atoms with Crippen molar-refractivity contribution in [1.82, 2.24) is 0 Å². The fourth-order valence-electron chi connectivity index (χ4n) is 1.44. The van der Waals surface area contributed by atoms with Crippen molar-refractivity contribution >= 4 is 33.4 Å². The Hall–Kier alpha value is -1.58. The van der Waals surface area contributed by atoms with E-state index in [1.807, 2.05) is 6.07 Å². The van der Waals surface area contributed by atoms with Gasteiger partial charge in [-0.2, -0.15) is 5.26 Å². The molecule has 0 aliphatic rings. The lowest BCUT2D eigenvalue weighted by Crippen LogP contribution is -1.93. The van der Waals surface area contributed by atoms with Gasteiger partial charge in [0.2, 0.25) is 0 Å². The van der Waals surface area contributed by atoms with Gasteiger partial charge in [-0.1, -0.05) is 11.8 Å². The Bertz CT molecular complexity index is 660. The third-order valence-corrected chi connectivity index (χ3v) is 4.38. The van der Waals surface area contributed by atoms with E-state index in [2.05, 4.69) is 15.9 Å². The fraction of sp³-hybridized carbons (Fsp3) is 0. The second kappa shape index (κ2) is 5.59. The molecule has 2 aromatic rings. The van der Waals surface area contributed by atoms with Crippen LogP contribution in [0.25, 0.3) is 0 Å². The van der Waals surface area contributed by atoms with Crippen LogP contribution in [0.2, 0.25) is 0 Å². The zero-order valence-electron chi connectivity index (χ0n) is 9.45. The summed E-state index contributed by atoms with van der Waals surface area (Å²) in [6.45, 7) is 0. The van der Waals surface area contributed by atoms with Crippen LogP contribution in [0.5, 0.6) is 0 Å². The van der Waals surface area contributed by atoms with Gasteiger partial charge in [0.25, 0.3) is 0 Å². The monoisotopic (exact) mass is 340 g/mol. The SMILES string of the molecule is N#Cc1ccc(Sc2c(F)cc(N)cc2F)c(Br)c1. The van der Waals surface area contributed by atoms with Crippen molar-refractivity contribution in [1.29, 1.82) is 5.26 Å². The Kier molecular flexibility index (Phi) is 4.08. The third kappa shape index (κ3) is 3.06. The van der Waals surface area contributed by atoms with Gasteiger partial charge >= 0.3 is 0 Å². The van der Waals surface area contributed by atoms with Crippen molar-refractivity contribution in [2.75, 3.05) is 5.73 Å². The van der Waals surface area contributed by atoms with Gasteiger partial charge in [0.1, 0.15) is 11.6 Å². The summed E-state index contributed by atoms with van der Waals surface area (Å²) in [6.07, 6.45) is 0. The van der Waals surface area contributed by atoms with E-state index in [0.717, 1.165) is 23.9 Å². The van der Waals surface area contributed by atoms with Crippen LogP contribution in [0.3, 0.4) is 0 Å². The molecule has 0 amide bonds. The molecule has 0 saturated carbocycles. The van der Waals surface area contributed by atoms with Gasteiger partial charge in [-0.15, -0.1) is 0 Å². The van der Waals surface area contributed by atoms with E-state index in [9.17, 15) is 8.78 Å². The van der Waals surface area contributed by atoms with Crippen molar-refractivity contribution < 1.29 is 8.78 Å². The van der Waals surface area contributed by atoms with Gasteiger partial charge in [0.15, 0.2) is 0 Å². The smallest absolute Gasteiger partial charge is 0.142 e. The Morgan fingerprint density at radius 2 is 1.79 bits per heavy atom. The summed E-state index contributed by atoms with van der Waals surface area (Å²) in [5, 5.41) is 8.75. The van der Waals surface area contributed by atoms with E-state index in [1.165, 1.54) is 0 Å². The van der Waals surface area contributed by atoms with Crippen LogP contribution in [0.1, 0.15) is 5.56 Å². The molecular weight excluding hydrogens is 334 g/mol. The lowest BCUT2D eigenvalue weighted by molar-refractivity contribution is 0.542. The molecule has 0 radical (unpaired) electrons. The van der Waals surface area contributed by atoms with E-state index >= 15 is 0 Å². The first-order valence-corrected chi connectivity index (χ1v) is 6.74. The van der Waals surface area contributed by atoms with E-state index in [4.69, 9.17) is 11.0 Å². The summed E-state index contributed by atoms with van der Waals surface area (Å²) in [4.78, 5) is 0.487. The van der Waals surface area contributed by atoms with E-state index in [-0.39, 0.29) is 10.6 Å². The topological polar surface area (TPSA) is 49.8 Å². The first-order valence-electron chi connectivity index (χ1n) is 5.13. The van der Waals surface area contributed by atoms with Crippen LogP contribution in [-0.4, -0.2) is 0 Å². The van der Waals surface area contributed by atoms with Gasteiger partial charge in [0.05, 0.1) is 16.5 Å². The highest BCUT2D eigenvalue weighted by Crippen LogP contribution is 2.37. The number of nitrogens with zero attached hydrogens (tertiary/aromatic N) is 1. The number of anilines is 1. The summed E-state index contributed by atoms with van der Waals surface area (Å²) in [6, 6.07) is 8.93. The van der Waals surface area contributed by atoms with Gasteiger partial charge in [-0.05, 0) is 46.3 Å². The van der Waals surface area contributed by atoms with Gasteiger partial charge in [-0.25, -0.2) is 8.78 Å². The molecule has 0 spiro atoms. The largest absolute Gasteiger partial charge is 0.399 e. The molecule has 0 fully saturated rings. The van der Waals surface area contributed by atoms with E-state index in [1.54, 1.807) is 18.2 Å². The van der Waals surface area contributed by atoms with Crippen molar-refractivity contribution in [2.24, 2.45) is 0 Å². The molecule has 0 unspecified atom stereocenters. The molecular formula is C13H7BrF2N2S. The molecule has 0 bridgehead atoms. The Morgan fingerprint density at radius 1 is 1.16 bits per heavy atom. The molecule has 96 valence electrons. The number of hydrogen-bond acceptors (Lipinski definition) is 3. The minimum Gasteiger partial charge on any atom is -0.399 e. The Balaban J connectivity index is 2.40. The van der Waals surface area contributed by atoms with Crippen molar-refractivity contribution in [3.05, 3.63) is 52.0 Å². The molecule has 0 aliphatic carbocycles. The predicted molar refractivity (Wildman–Crippen MR) is 73.8 cm³/mol. The van der Waals surface area contributed by atoms with Crippen LogP contribution >= 0.6 is 27.7 Å². The Labute approximate surface area is 121 Å². The average molecular weight is 341 g/mol. The van der Waals surface area contributed by atoms with Crippen LogP contribution in [0.15, 0.2) is 44.6 Å². The van der Waals surface area contributed by atoms with Gasteiger partial charge in [-0.3, -0.25) is 0 Å². The van der Waals surface area contributed by atoms with E-state index in [0.29, 0.717) is 14.9 Å². The third-order valence-electron chi connectivity index (χ3n) is 2.29. The molecule has 6 heteroatoms. The van der Waals surface area contributed by atoms with Crippen LogP contribution in [0, 0.1) is 23.0 Å². The zero-order valence-corrected chi connectivity index (χ0v) is 11.9. The molecule has 2 N–H and O–H groups in total. The molecule has 0 atom stereocenters. The van der Waals surface area contributed by atoms with E-state index < -0.39 is 11.6 Å². The summed E-state index contributed by atoms with van der Waals surface area (Å²) in [7, 11) is 0. The molecule has 0 aromatic heterocycles. The summed E-state index contributed by atoms with van der Waals surface area (Å²) < 4.78 is 27.9. The van der Waals surface area contributed by atoms with Crippen molar-refractivity contribution in [2.45, 2.75) is 9.79 Å². The highest BCUT2D eigenvalue weighted by atomic mass is 79.9. The molecule has 0 aliphatic heterocycles. The molecule has 0 heterocycles. The van der Waals surface area contributed by atoms with Crippen LogP contribution in [0.4, 0.5) is 14.5 Å². The lowest BCUT2D eigenvalue weighted by atomic mass is 10.2. The number of nitriles is 1. The molecule has 0 saturated heterocycles. The maximum absolute atomic E-state index is 13.7. The molecule has 2 nitrogen and oxygen atoms in total.